The monoisotopic (exact) mass is 534 g/mol. The molecule has 7 nitrogen and oxygen atoms in total. The number of thiocarbonyl (C=S) groups is 1. The number of hydrazine groups is 1. The van der Waals surface area contributed by atoms with E-state index in [1.165, 1.54) is 6.08 Å². The maximum absolute atomic E-state index is 12.5. The first-order chi connectivity index (χ1) is 17.5. The summed E-state index contributed by atoms with van der Waals surface area (Å²) in [4.78, 5) is 36.9. The summed E-state index contributed by atoms with van der Waals surface area (Å²) in [5, 5.41) is 5.78. The van der Waals surface area contributed by atoms with Gasteiger partial charge in [0.25, 0.3) is 11.8 Å². The van der Waals surface area contributed by atoms with Crippen molar-refractivity contribution in [2.24, 2.45) is 0 Å². The number of amides is 3. The number of hydrogen-bond acceptors (Lipinski definition) is 4. The van der Waals surface area contributed by atoms with E-state index in [1.807, 2.05) is 12.1 Å². The molecular formula is C28H27ClN4O3S. The van der Waals surface area contributed by atoms with Gasteiger partial charge in [-0.2, -0.15) is 0 Å². The maximum Gasteiger partial charge on any atom is 0.269 e. The van der Waals surface area contributed by atoms with E-state index in [1.54, 1.807) is 66.7 Å². The first-order valence-corrected chi connectivity index (χ1v) is 12.2. The molecule has 3 rings (SSSR count). The number of halogens is 1. The Labute approximate surface area is 226 Å². The van der Waals surface area contributed by atoms with Crippen molar-refractivity contribution in [2.75, 3.05) is 5.32 Å². The molecule has 0 fully saturated rings. The lowest BCUT2D eigenvalue weighted by Crippen LogP contribution is -2.48. The van der Waals surface area contributed by atoms with Crippen LogP contribution in [0, 0.1) is 0 Å². The number of hydrogen-bond donors (Lipinski definition) is 4. The molecule has 3 aromatic carbocycles. The third-order valence-electron chi connectivity index (χ3n) is 5.24. The average molecular weight is 535 g/mol. The maximum atomic E-state index is 12.5. The van der Waals surface area contributed by atoms with Crippen molar-refractivity contribution in [1.29, 1.82) is 0 Å². The molecular weight excluding hydrogens is 508 g/mol. The van der Waals surface area contributed by atoms with E-state index < -0.39 is 11.8 Å². The number of rotatable bonds is 5. The van der Waals surface area contributed by atoms with E-state index in [0.717, 1.165) is 11.1 Å². The SMILES string of the molecule is CC(C)(C)c1ccc(C(=O)Nc2ccc(C(=O)NNC(=S)NC(=O)/C=C/c3ccc(Cl)cc3)cc2)cc1. The van der Waals surface area contributed by atoms with Crippen LogP contribution in [-0.4, -0.2) is 22.8 Å². The molecule has 0 aliphatic heterocycles. The summed E-state index contributed by atoms with van der Waals surface area (Å²) in [5.74, 6) is -1.18. The second-order valence-corrected chi connectivity index (χ2v) is 9.99. The number of benzene rings is 3. The van der Waals surface area contributed by atoms with Crippen LogP contribution in [0.4, 0.5) is 5.69 Å². The van der Waals surface area contributed by atoms with Gasteiger partial charge >= 0.3 is 0 Å². The Balaban J connectivity index is 1.46. The summed E-state index contributed by atoms with van der Waals surface area (Å²) in [6, 6.07) is 20.8. The molecule has 0 saturated carbocycles. The Morgan fingerprint density at radius 2 is 1.35 bits per heavy atom. The lowest BCUT2D eigenvalue weighted by atomic mass is 9.87. The van der Waals surface area contributed by atoms with E-state index in [9.17, 15) is 14.4 Å². The number of carbonyl (C=O) groups excluding carboxylic acids is 3. The zero-order chi connectivity index (χ0) is 27.0. The fourth-order valence-electron chi connectivity index (χ4n) is 3.15. The summed E-state index contributed by atoms with van der Waals surface area (Å²) in [6.07, 6.45) is 2.92. The second kappa shape index (κ2) is 12.3. The molecule has 9 heteroatoms. The van der Waals surface area contributed by atoms with E-state index in [4.69, 9.17) is 23.8 Å². The molecule has 0 aliphatic rings. The van der Waals surface area contributed by atoms with Crippen LogP contribution >= 0.6 is 23.8 Å². The second-order valence-electron chi connectivity index (χ2n) is 9.14. The fourth-order valence-corrected chi connectivity index (χ4v) is 3.42. The molecule has 0 aromatic heterocycles. The minimum atomic E-state index is -0.469. The highest BCUT2D eigenvalue weighted by molar-refractivity contribution is 7.80. The highest BCUT2D eigenvalue weighted by atomic mass is 35.5. The van der Waals surface area contributed by atoms with Gasteiger partial charge in [-0.05, 0) is 83.4 Å². The molecule has 0 heterocycles. The van der Waals surface area contributed by atoms with Crippen molar-refractivity contribution in [3.63, 3.8) is 0 Å². The van der Waals surface area contributed by atoms with Gasteiger partial charge in [0.2, 0.25) is 5.91 Å². The number of nitrogens with one attached hydrogen (secondary N) is 4. The van der Waals surface area contributed by atoms with Gasteiger partial charge < -0.3 is 5.32 Å². The van der Waals surface area contributed by atoms with Gasteiger partial charge in [-0.1, -0.05) is 56.6 Å². The first kappa shape index (κ1) is 27.6. The molecule has 3 aromatic rings. The van der Waals surface area contributed by atoms with Gasteiger partial charge in [0.05, 0.1) is 0 Å². The van der Waals surface area contributed by atoms with Gasteiger partial charge in [-0.25, -0.2) is 0 Å². The van der Waals surface area contributed by atoms with Crippen LogP contribution in [0.3, 0.4) is 0 Å². The molecule has 37 heavy (non-hydrogen) atoms. The van der Waals surface area contributed by atoms with Crippen molar-refractivity contribution < 1.29 is 14.4 Å². The average Bonchev–Trinajstić information content (AvgIpc) is 2.87. The third-order valence-corrected chi connectivity index (χ3v) is 5.70. The van der Waals surface area contributed by atoms with E-state index in [2.05, 4.69) is 42.3 Å². The van der Waals surface area contributed by atoms with Crippen molar-refractivity contribution in [3.05, 3.63) is 106 Å². The van der Waals surface area contributed by atoms with Crippen LogP contribution in [0.15, 0.2) is 78.9 Å². The summed E-state index contributed by atoms with van der Waals surface area (Å²) in [7, 11) is 0. The van der Waals surface area contributed by atoms with Crippen LogP contribution in [-0.2, 0) is 10.2 Å². The normalized spacial score (nSPS) is 11.0. The van der Waals surface area contributed by atoms with E-state index in [0.29, 0.717) is 21.8 Å². The van der Waals surface area contributed by atoms with Crippen molar-refractivity contribution in [2.45, 2.75) is 26.2 Å². The molecule has 190 valence electrons. The van der Waals surface area contributed by atoms with Crippen LogP contribution in [0.2, 0.25) is 5.02 Å². The summed E-state index contributed by atoms with van der Waals surface area (Å²) in [6.45, 7) is 6.34. The standard InChI is InChI=1S/C28H27ClN4O3S/c1-28(2,3)21-11-7-19(8-12-21)25(35)30-23-15-9-20(10-16-23)26(36)32-33-27(37)31-24(34)17-6-18-4-13-22(29)14-5-18/h4-17H,1-3H3,(H,30,35)(H,32,36)(H2,31,33,34,37)/b17-6+. The molecule has 0 radical (unpaired) electrons. The topological polar surface area (TPSA) is 99.3 Å². The van der Waals surface area contributed by atoms with Gasteiger partial charge in [0.1, 0.15) is 0 Å². The summed E-state index contributed by atoms with van der Waals surface area (Å²) >= 11 is 10.9. The zero-order valence-corrected chi connectivity index (χ0v) is 22.2. The van der Waals surface area contributed by atoms with Crippen LogP contribution in [0.1, 0.15) is 52.6 Å². The highest BCUT2D eigenvalue weighted by Gasteiger charge is 2.14. The van der Waals surface area contributed by atoms with Crippen LogP contribution in [0.5, 0.6) is 0 Å². The Morgan fingerprint density at radius 1 is 0.784 bits per heavy atom. The van der Waals surface area contributed by atoms with E-state index in [-0.39, 0.29) is 16.4 Å². The van der Waals surface area contributed by atoms with E-state index >= 15 is 0 Å². The van der Waals surface area contributed by atoms with Crippen molar-refractivity contribution in [3.8, 4) is 0 Å². The van der Waals surface area contributed by atoms with Crippen molar-refractivity contribution in [1.82, 2.24) is 16.2 Å². The lowest BCUT2D eigenvalue weighted by Gasteiger charge is -2.19. The molecule has 0 atom stereocenters. The Hall–Kier alpha value is -4.01. The summed E-state index contributed by atoms with van der Waals surface area (Å²) < 4.78 is 0. The Morgan fingerprint density at radius 3 is 1.95 bits per heavy atom. The van der Waals surface area contributed by atoms with Gasteiger partial charge in [-0.3, -0.25) is 30.6 Å². The van der Waals surface area contributed by atoms with Gasteiger partial charge in [0, 0.05) is 27.9 Å². The zero-order valence-electron chi connectivity index (χ0n) is 20.6. The first-order valence-electron chi connectivity index (χ1n) is 11.4. The molecule has 0 bridgehead atoms. The lowest BCUT2D eigenvalue weighted by molar-refractivity contribution is -0.115. The van der Waals surface area contributed by atoms with Crippen LogP contribution < -0.4 is 21.5 Å². The predicted molar refractivity (Wildman–Crippen MR) is 151 cm³/mol. The smallest absolute Gasteiger partial charge is 0.269 e. The summed E-state index contributed by atoms with van der Waals surface area (Å²) in [5.41, 5.74) is 8.25. The molecule has 4 N–H and O–H groups in total. The fraction of sp³-hybridized carbons (Fsp3) is 0.143. The van der Waals surface area contributed by atoms with Gasteiger partial charge in [0.15, 0.2) is 5.11 Å². The molecule has 0 saturated heterocycles. The molecule has 3 amide bonds. The van der Waals surface area contributed by atoms with Gasteiger partial charge in [-0.15, -0.1) is 0 Å². The number of anilines is 1. The molecule has 0 unspecified atom stereocenters. The molecule has 0 aliphatic carbocycles. The predicted octanol–water partition coefficient (Wildman–Crippen LogP) is 5.24. The Kier molecular flexibility index (Phi) is 9.16. The van der Waals surface area contributed by atoms with Crippen LogP contribution in [0.25, 0.3) is 6.08 Å². The minimum absolute atomic E-state index is 0.00460. The quantitative estimate of drug-likeness (QED) is 0.204. The Bertz CT molecular complexity index is 1310. The largest absolute Gasteiger partial charge is 0.322 e. The molecule has 0 spiro atoms. The minimum Gasteiger partial charge on any atom is -0.322 e. The van der Waals surface area contributed by atoms with Crippen molar-refractivity contribution >= 4 is 58.4 Å². The highest BCUT2D eigenvalue weighted by Crippen LogP contribution is 2.22. The third kappa shape index (κ3) is 8.56. The number of carbonyl (C=O) groups is 3.